The average molecular weight is 354 g/mol. The fourth-order valence-electron chi connectivity index (χ4n) is 3.05. The first-order valence-electron chi connectivity index (χ1n) is 8.69. The highest BCUT2D eigenvalue weighted by Gasteiger charge is 2.20. The molecule has 0 radical (unpaired) electrons. The lowest BCUT2D eigenvalue weighted by atomic mass is 9.95. The minimum atomic E-state index is 0. The van der Waals surface area contributed by atoms with Crippen LogP contribution in [0.25, 0.3) is 0 Å². The number of hydrogen-bond acceptors (Lipinski definition) is 3. The zero-order chi connectivity index (χ0) is 16.7. The summed E-state index contributed by atoms with van der Waals surface area (Å²) >= 11 is 0. The quantitative estimate of drug-likeness (QED) is 0.854. The van der Waals surface area contributed by atoms with E-state index < -0.39 is 0 Å². The van der Waals surface area contributed by atoms with Crippen LogP contribution in [0.1, 0.15) is 32.8 Å². The maximum atomic E-state index is 12.4. The first-order chi connectivity index (χ1) is 10.9. The topological polar surface area (TPSA) is 35.6 Å². The number of nitrogens with zero attached hydrogens (tertiary/aromatic N) is 2. The molecule has 1 aromatic rings. The minimum Gasteiger partial charge on any atom is -0.340 e. The van der Waals surface area contributed by atoms with Gasteiger partial charge in [-0.3, -0.25) is 9.69 Å². The van der Waals surface area contributed by atoms with E-state index in [9.17, 15) is 4.79 Å². The lowest BCUT2D eigenvalue weighted by Crippen LogP contribution is -2.47. The zero-order valence-corrected chi connectivity index (χ0v) is 16.1. The number of amides is 1. The van der Waals surface area contributed by atoms with Crippen molar-refractivity contribution in [1.82, 2.24) is 15.1 Å². The van der Waals surface area contributed by atoms with Crippen LogP contribution in [-0.4, -0.2) is 55.0 Å². The zero-order valence-electron chi connectivity index (χ0n) is 15.3. The van der Waals surface area contributed by atoms with Gasteiger partial charge < -0.3 is 10.2 Å². The van der Waals surface area contributed by atoms with Crippen molar-refractivity contribution in [2.45, 2.75) is 33.7 Å². The average Bonchev–Trinajstić information content (AvgIpc) is 2.53. The van der Waals surface area contributed by atoms with Gasteiger partial charge in [0, 0.05) is 52.2 Å². The third-order valence-electron chi connectivity index (χ3n) is 4.06. The van der Waals surface area contributed by atoms with E-state index in [1.165, 1.54) is 5.56 Å². The molecule has 1 fully saturated rings. The Hall–Kier alpha value is -1.10. The number of halogens is 1. The molecular formula is C19H32ClN3O. The van der Waals surface area contributed by atoms with Gasteiger partial charge in [0.2, 0.25) is 5.91 Å². The third kappa shape index (κ3) is 7.65. The molecule has 1 saturated heterocycles. The van der Waals surface area contributed by atoms with Crippen molar-refractivity contribution in [3.05, 3.63) is 35.9 Å². The first kappa shape index (κ1) is 20.9. The van der Waals surface area contributed by atoms with E-state index in [0.29, 0.717) is 12.3 Å². The minimum absolute atomic E-state index is 0. The van der Waals surface area contributed by atoms with Crippen molar-refractivity contribution in [2.75, 3.05) is 39.3 Å². The van der Waals surface area contributed by atoms with E-state index in [0.717, 1.165) is 45.8 Å². The predicted molar refractivity (Wildman–Crippen MR) is 102 cm³/mol. The fourth-order valence-corrected chi connectivity index (χ4v) is 3.05. The molecule has 4 nitrogen and oxygen atoms in total. The van der Waals surface area contributed by atoms with Gasteiger partial charge in [-0.2, -0.15) is 0 Å². The summed E-state index contributed by atoms with van der Waals surface area (Å²) in [7, 11) is 0. The van der Waals surface area contributed by atoms with Crippen LogP contribution in [0.3, 0.4) is 0 Å². The molecule has 5 heteroatoms. The highest BCUT2D eigenvalue weighted by molar-refractivity contribution is 5.85. The SMILES string of the molecule is CC(C)(C)CN(CCC(=O)N1CCNCC1)Cc1ccccc1.Cl. The molecule has 2 rings (SSSR count). The van der Waals surface area contributed by atoms with Gasteiger partial charge in [0.25, 0.3) is 0 Å². The van der Waals surface area contributed by atoms with Gasteiger partial charge in [0.05, 0.1) is 0 Å². The molecular weight excluding hydrogens is 322 g/mol. The Balaban J connectivity index is 0.00000288. The molecule has 24 heavy (non-hydrogen) atoms. The number of rotatable bonds is 6. The van der Waals surface area contributed by atoms with E-state index in [-0.39, 0.29) is 17.8 Å². The van der Waals surface area contributed by atoms with Crippen LogP contribution < -0.4 is 5.32 Å². The number of benzene rings is 1. The van der Waals surface area contributed by atoms with Crippen molar-refractivity contribution in [1.29, 1.82) is 0 Å². The van der Waals surface area contributed by atoms with E-state index in [2.05, 4.69) is 55.3 Å². The Morgan fingerprint density at radius 3 is 2.38 bits per heavy atom. The largest absolute Gasteiger partial charge is 0.340 e. The molecule has 136 valence electrons. The summed E-state index contributed by atoms with van der Waals surface area (Å²) in [4.78, 5) is 16.8. The van der Waals surface area contributed by atoms with Crippen molar-refractivity contribution < 1.29 is 4.79 Å². The van der Waals surface area contributed by atoms with Gasteiger partial charge in [-0.05, 0) is 11.0 Å². The third-order valence-corrected chi connectivity index (χ3v) is 4.06. The van der Waals surface area contributed by atoms with E-state index >= 15 is 0 Å². The Morgan fingerprint density at radius 1 is 1.17 bits per heavy atom. The van der Waals surface area contributed by atoms with Crippen molar-refractivity contribution in [3.63, 3.8) is 0 Å². The Labute approximate surface area is 153 Å². The van der Waals surface area contributed by atoms with Crippen molar-refractivity contribution >= 4 is 18.3 Å². The summed E-state index contributed by atoms with van der Waals surface area (Å²) in [6.45, 7) is 13.0. The van der Waals surface area contributed by atoms with E-state index in [1.807, 2.05) is 11.0 Å². The lowest BCUT2D eigenvalue weighted by molar-refractivity contribution is -0.132. The van der Waals surface area contributed by atoms with Crippen LogP contribution in [-0.2, 0) is 11.3 Å². The summed E-state index contributed by atoms with van der Waals surface area (Å²) in [5.41, 5.74) is 1.54. The second kappa shape index (κ2) is 10.0. The normalized spacial score (nSPS) is 15.2. The Morgan fingerprint density at radius 2 is 1.79 bits per heavy atom. The fraction of sp³-hybridized carbons (Fsp3) is 0.632. The molecule has 0 saturated carbocycles. The van der Waals surface area contributed by atoms with Gasteiger partial charge in [-0.25, -0.2) is 0 Å². The van der Waals surface area contributed by atoms with Gasteiger partial charge in [-0.1, -0.05) is 51.1 Å². The number of piperazine rings is 1. The van der Waals surface area contributed by atoms with Crippen LogP contribution in [0.4, 0.5) is 0 Å². The van der Waals surface area contributed by atoms with Gasteiger partial charge >= 0.3 is 0 Å². The molecule has 0 spiro atoms. The monoisotopic (exact) mass is 353 g/mol. The predicted octanol–water partition coefficient (Wildman–Crippen LogP) is 2.78. The molecule has 1 aliphatic rings. The van der Waals surface area contributed by atoms with Gasteiger partial charge in [0.15, 0.2) is 0 Å². The molecule has 1 amide bonds. The number of carbonyl (C=O) groups is 1. The van der Waals surface area contributed by atoms with E-state index in [4.69, 9.17) is 0 Å². The van der Waals surface area contributed by atoms with Crippen LogP contribution in [0.2, 0.25) is 0 Å². The summed E-state index contributed by atoms with van der Waals surface area (Å²) in [5.74, 6) is 0.290. The molecule has 0 bridgehead atoms. The highest BCUT2D eigenvalue weighted by Crippen LogP contribution is 2.17. The molecule has 0 aliphatic carbocycles. The second-order valence-electron chi connectivity index (χ2n) is 7.64. The standard InChI is InChI=1S/C19H31N3O.ClH/c1-19(2,3)16-21(15-17-7-5-4-6-8-17)12-9-18(23)22-13-10-20-11-14-22;/h4-8,20H,9-16H2,1-3H3;1H. The Kier molecular flexibility index (Phi) is 8.74. The van der Waals surface area contributed by atoms with Crippen LogP contribution in [0, 0.1) is 5.41 Å². The molecule has 0 aromatic heterocycles. The summed E-state index contributed by atoms with van der Waals surface area (Å²) in [5, 5.41) is 3.29. The first-order valence-corrected chi connectivity index (χ1v) is 8.69. The second-order valence-corrected chi connectivity index (χ2v) is 7.64. The van der Waals surface area contributed by atoms with Gasteiger partial charge in [-0.15, -0.1) is 12.4 Å². The van der Waals surface area contributed by atoms with Crippen LogP contribution >= 0.6 is 12.4 Å². The maximum Gasteiger partial charge on any atom is 0.223 e. The number of nitrogens with one attached hydrogen (secondary N) is 1. The van der Waals surface area contributed by atoms with Crippen molar-refractivity contribution in [3.8, 4) is 0 Å². The molecule has 1 aromatic carbocycles. The van der Waals surface area contributed by atoms with E-state index in [1.54, 1.807) is 0 Å². The van der Waals surface area contributed by atoms with Crippen LogP contribution in [0.15, 0.2) is 30.3 Å². The molecule has 0 atom stereocenters. The smallest absolute Gasteiger partial charge is 0.223 e. The maximum absolute atomic E-state index is 12.4. The highest BCUT2D eigenvalue weighted by atomic mass is 35.5. The summed E-state index contributed by atoms with van der Waals surface area (Å²) in [6.07, 6.45) is 0.614. The number of hydrogen-bond donors (Lipinski definition) is 1. The number of carbonyl (C=O) groups excluding carboxylic acids is 1. The van der Waals surface area contributed by atoms with Crippen LogP contribution in [0.5, 0.6) is 0 Å². The molecule has 1 aliphatic heterocycles. The van der Waals surface area contributed by atoms with Gasteiger partial charge in [0.1, 0.15) is 0 Å². The summed E-state index contributed by atoms with van der Waals surface area (Å²) in [6, 6.07) is 10.5. The van der Waals surface area contributed by atoms with Crippen molar-refractivity contribution in [2.24, 2.45) is 5.41 Å². The Bertz CT molecular complexity index is 481. The molecule has 1 N–H and O–H groups in total. The summed E-state index contributed by atoms with van der Waals surface area (Å²) < 4.78 is 0. The molecule has 1 heterocycles. The lowest BCUT2D eigenvalue weighted by Gasteiger charge is -2.32. The molecule has 0 unspecified atom stereocenters.